The van der Waals surface area contributed by atoms with Crippen molar-refractivity contribution in [1.82, 2.24) is 4.90 Å². The number of thiophene rings is 1. The molecule has 1 aliphatic heterocycles. The molecule has 2 heterocycles. The van der Waals surface area contributed by atoms with Crippen molar-refractivity contribution in [2.45, 2.75) is 19.4 Å². The standard InChI is InChI=1S/C17H16BrNOS/c1-3-16(20)19-9-12-8-15(18)21-17(12)14(10-19)13-7-5-4-6-11(13)2/h3-8,14H,1,9-10H2,2H3/t14-/m1/s1. The van der Waals surface area contributed by atoms with Crippen LogP contribution >= 0.6 is 27.3 Å². The van der Waals surface area contributed by atoms with Gasteiger partial charge in [-0.1, -0.05) is 30.8 Å². The van der Waals surface area contributed by atoms with Crippen LogP contribution in [0.25, 0.3) is 0 Å². The third-order valence-corrected chi connectivity index (χ3v) is 5.74. The van der Waals surface area contributed by atoms with Gasteiger partial charge < -0.3 is 4.90 Å². The van der Waals surface area contributed by atoms with Crippen molar-refractivity contribution < 1.29 is 4.79 Å². The Hall–Kier alpha value is -1.39. The fourth-order valence-electron chi connectivity index (χ4n) is 2.91. The highest BCUT2D eigenvalue weighted by atomic mass is 79.9. The predicted octanol–water partition coefficient (Wildman–Crippen LogP) is 4.48. The second kappa shape index (κ2) is 5.78. The first-order valence-electron chi connectivity index (χ1n) is 6.85. The number of carbonyl (C=O) groups is 1. The van der Waals surface area contributed by atoms with E-state index in [9.17, 15) is 4.79 Å². The van der Waals surface area contributed by atoms with Crippen LogP contribution < -0.4 is 0 Å². The van der Waals surface area contributed by atoms with E-state index in [-0.39, 0.29) is 11.8 Å². The molecule has 0 unspecified atom stereocenters. The van der Waals surface area contributed by atoms with Crippen LogP contribution in [0.15, 0.2) is 46.8 Å². The lowest BCUT2D eigenvalue weighted by Crippen LogP contribution is -2.37. The highest BCUT2D eigenvalue weighted by Gasteiger charge is 2.30. The zero-order chi connectivity index (χ0) is 15.0. The number of hydrogen-bond donors (Lipinski definition) is 0. The lowest BCUT2D eigenvalue weighted by atomic mass is 9.88. The fourth-order valence-corrected chi connectivity index (χ4v) is 4.72. The van der Waals surface area contributed by atoms with Crippen molar-refractivity contribution in [3.8, 4) is 0 Å². The largest absolute Gasteiger partial charge is 0.334 e. The maximum atomic E-state index is 12.0. The van der Waals surface area contributed by atoms with Gasteiger partial charge in [0.05, 0.1) is 3.79 Å². The molecule has 1 atom stereocenters. The van der Waals surface area contributed by atoms with Gasteiger partial charge in [0.2, 0.25) is 5.91 Å². The maximum absolute atomic E-state index is 12.0. The van der Waals surface area contributed by atoms with Crippen LogP contribution in [0.1, 0.15) is 27.5 Å². The molecule has 0 saturated carbocycles. The first-order chi connectivity index (χ1) is 10.1. The van der Waals surface area contributed by atoms with Crippen LogP contribution in [-0.4, -0.2) is 17.4 Å². The Labute approximate surface area is 137 Å². The van der Waals surface area contributed by atoms with Gasteiger partial charge in [-0.15, -0.1) is 11.3 Å². The van der Waals surface area contributed by atoms with E-state index in [2.05, 4.69) is 59.8 Å². The molecule has 4 heteroatoms. The number of aryl methyl sites for hydroxylation is 1. The summed E-state index contributed by atoms with van der Waals surface area (Å²) >= 11 is 5.36. The minimum Gasteiger partial charge on any atom is -0.334 e. The Morgan fingerprint density at radius 3 is 2.95 bits per heavy atom. The monoisotopic (exact) mass is 361 g/mol. The molecule has 0 radical (unpaired) electrons. The summed E-state index contributed by atoms with van der Waals surface area (Å²) in [7, 11) is 0. The second-order valence-corrected chi connectivity index (χ2v) is 7.74. The lowest BCUT2D eigenvalue weighted by Gasteiger charge is -2.33. The number of nitrogens with zero attached hydrogens (tertiary/aromatic N) is 1. The van der Waals surface area contributed by atoms with Crippen molar-refractivity contribution in [3.05, 3.63) is 68.3 Å². The van der Waals surface area contributed by atoms with Crippen LogP contribution in [0.5, 0.6) is 0 Å². The van der Waals surface area contributed by atoms with Gasteiger partial charge in [0.1, 0.15) is 0 Å². The van der Waals surface area contributed by atoms with Gasteiger partial charge in [-0.25, -0.2) is 0 Å². The minimum atomic E-state index is 0.00144. The topological polar surface area (TPSA) is 20.3 Å². The molecule has 0 spiro atoms. The van der Waals surface area contributed by atoms with Gasteiger partial charge in [0, 0.05) is 23.9 Å². The van der Waals surface area contributed by atoms with E-state index in [0.29, 0.717) is 6.54 Å². The van der Waals surface area contributed by atoms with E-state index in [1.165, 1.54) is 27.6 Å². The van der Waals surface area contributed by atoms with Crippen LogP contribution in [0, 0.1) is 6.92 Å². The summed E-state index contributed by atoms with van der Waals surface area (Å²) in [6.45, 7) is 7.13. The molecule has 108 valence electrons. The summed E-state index contributed by atoms with van der Waals surface area (Å²) in [6, 6.07) is 10.6. The molecular formula is C17H16BrNOS. The molecule has 2 aromatic rings. The summed E-state index contributed by atoms with van der Waals surface area (Å²) in [4.78, 5) is 15.3. The summed E-state index contributed by atoms with van der Waals surface area (Å²) < 4.78 is 1.12. The minimum absolute atomic E-state index is 0.00144. The summed E-state index contributed by atoms with van der Waals surface area (Å²) in [5.41, 5.74) is 3.81. The van der Waals surface area contributed by atoms with Crippen molar-refractivity contribution in [2.24, 2.45) is 0 Å². The Balaban J connectivity index is 2.08. The molecule has 0 N–H and O–H groups in total. The maximum Gasteiger partial charge on any atom is 0.246 e. The first kappa shape index (κ1) is 14.5. The quantitative estimate of drug-likeness (QED) is 0.722. The number of halogens is 1. The number of carbonyl (C=O) groups excluding carboxylic acids is 1. The van der Waals surface area contributed by atoms with E-state index >= 15 is 0 Å². The number of benzene rings is 1. The van der Waals surface area contributed by atoms with Crippen LogP contribution in [-0.2, 0) is 11.3 Å². The van der Waals surface area contributed by atoms with Crippen LogP contribution in [0.4, 0.5) is 0 Å². The van der Waals surface area contributed by atoms with Gasteiger partial charge in [0.15, 0.2) is 0 Å². The molecule has 2 nitrogen and oxygen atoms in total. The second-order valence-electron chi connectivity index (χ2n) is 5.27. The molecule has 0 fully saturated rings. The third kappa shape index (κ3) is 2.70. The average molecular weight is 362 g/mol. The molecule has 1 aromatic heterocycles. The van der Waals surface area contributed by atoms with E-state index in [0.717, 1.165) is 10.3 Å². The van der Waals surface area contributed by atoms with E-state index in [1.807, 2.05) is 4.90 Å². The molecule has 0 saturated heterocycles. The lowest BCUT2D eigenvalue weighted by molar-refractivity contribution is -0.127. The molecule has 21 heavy (non-hydrogen) atoms. The Morgan fingerprint density at radius 2 is 2.24 bits per heavy atom. The normalized spacial score (nSPS) is 17.4. The molecule has 1 aliphatic rings. The SMILES string of the molecule is C=CC(=O)N1Cc2cc(Br)sc2[C@@H](c2ccccc2C)C1. The smallest absolute Gasteiger partial charge is 0.246 e. The van der Waals surface area contributed by atoms with Crippen LogP contribution in [0.3, 0.4) is 0 Å². The summed E-state index contributed by atoms with van der Waals surface area (Å²) in [6.07, 6.45) is 1.40. The Kier molecular flexibility index (Phi) is 4.00. The van der Waals surface area contributed by atoms with Crippen molar-refractivity contribution in [3.63, 3.8) is 0 Å². The van der Waals surface area contributed by atoms with Gasteiger partial charge in [-0.3, -0.25) is 4.79 Å². The fraction of sp³-hybridized carbons (Fsp3) is 0.235. The number of fused-ring (bicyclic) bond motifs is 1. The van der Waals surface area contributed by atoms with Crippen molar-refractivity contribution >= 4 is 33.2 Å². The number of amides is 1. The predicted molar refractivity (Wildman–Crippen MR) is 90.7 cm³/mol. The molecule has 3 rings (SSSR count). The average Bonchev–Trinajstić information content (AvgIpc) is 2.86. The van der Waals surface area contributed by atoms with Crippen molar-refractivity contribution in [2.75, 3.05) is 6.54 Å². The first-order valence-corrected chi connectivity index (χ1v) is 8.46. The molecule has 1 aromatic carbocycles. The van der Waals surface area contributed by atoms with Gasteiger partial charge in [0.25, 0.3) is 0 Å². The van der Waals surface area contributed by atoms with Crippen molar-refractivity contribution in [1.29, 1.82) is 0 Å². The zero-order valence-corrected chi connectivity index (χ0v) is 14.2. The Bertz CT molecular complexity index is 707. The molecule has 1 amide bonds. The van der Waals surface area contributed by atoms with E-state index in [1.54, 1.807) is 11.3 Å². The van der Waals surface area contributed by atoms with E-state index in [4.69, 9.17) is 0 Å². The number of hydrogen-bond acceptors (Lipinski definition) is 2. The van der Waals surface area contributed by atoms with Gasteiger partial charge >= 0.3 is 0 Å². The van der Waals surface area contributed by atoms with Gasteiger partial charge in [-0.05, 0) is 51.7 Å². The van der Waals surface area contributed by atoms with Gasteiger partial charge in [-0.2, -0.15) is 0 Å². The number of rotatable bonds is 2. The molecule has 0 bridgehead atoms. The van der Waals surface area contributed by atoms with E-state index < -0.39 is 0 Å². The summed E-state index contributed by atoms with van der Waals surface area (Å²) in [5, 5.41) is 0. The van der Waals surface area contributed by atoms with Crippen LogP contribution in [0.2, 0.25) is 0 Å². The molecular weight excluding hydrogens is 346 g/mol. The summed E-state index contributed by atoms with van der Waals surface area (Å²) in [5.74, 6) is 0.247. The third-order valence-electron chi connectivity index (χ3n) is 3.94. The highest BCUT2D eigenvalue weighted by Crippen LogP contribution is 2.41. The zero-order valence-electron chi connectivity index (χ0n) is 11.8. The molecule has 0 aliphatic carbocycles. The Morgan fingerprint density at radius 1 is 1.48 bits per heavy atom. The highest BCUT2D eigenvalue weighted by molar-refractivity contribution is 9.11.